The maximum absolute atomic E-state index is 14.2. The second-order valence-corrected chi connectivity index (χ2v) is 7.52. The van der Waals surface area contributed by atoms with Crippen molar-refractivity contribution in [2.24, 2.45) is 7.05 Å². The van der Waals surface area contributed by atoms with Crippen molar-refractivity contribution in [3.05, 3.63) is 11.4 Å². The van der Waals surface area contributed by atoms with E-state index >= 15 is 0 Å². The monoisotopic (exact) mass is 351 g/mol. The van der Waals surface area contributed by atoms with Crippen molar-refractivity contribution in [1.82, 2.24) is 24.8 Å². The molecule has 138 valence electrons. The standard InChI is InChI=1S/C17H26FN5O2/c1-21-15-13(12-25-9-8-22-6-2-3-7-22)10-23(11-14(15)19-20-21)16(24)17(18)4-5-17/h13H,2-12H2,1H3. The molecule has 0 spiro atoms. The fourth-order valence-electron chi connectivity index (χ4n) is 3.94. The van der Waals surface area contributed by atoms with E-state index in [1.165, 1.54) is 12.8 Å². The Morgan fingerprint density at radius 2 is 2.12 bits per heavy atom. The average Bonchev–Trinajstić information content (AvgIpc) is 3.00. The van der Waals surface area contributed by atoms with Crippen LogP contribution >= 0.6 is 0 Å². The number of carbonyl (C=O) groups excluding carboxylic acids is 1. The Morgan fingerprint density at radius 1 is 1.36 bits per heavy atom. The smallest absolute Gasteiger partial charge is 0.260 e. The zero-order valence-corrected chi connectivity index (χ0v) is 14.8. The van der Waals surface area contributed by atoms with Crippen LogP contribution in [0.3, 0.4) is 0 Å². The van der Waals surface area contributed by atoms with E-state index < -0.39 is 11.6 Å². The van der Waals surface area contributed by atoms with Gasteiger partial charge < -0.3 is 14.5 Å². The zero-order valence-electron chi connectivity index (χ0n) is 14.8. The number of nitrogens with zero attached hydrogens (tertiary/aromatic N) is 5. The third-order valence-electron chi connectivity index (χ3n) is 5.54. The summed E-state index contributed by atoms with van der Waals surface area (Å²) in [5.74, 6) is -0.403. The Balaban J connectivity index is 1.38. The highest BCUT2D eigenvalue weighted by atomic mass is 19.1. The normalized spacial score (nSPS) is 25.2. The minimum atomic E-state index is -1.64. The summed E-state index contributed by atoms with van der Waals surface area (Å²) in [6, 6.07) is 0. The van der Waals surface area contributed by atoms with Crippen molar-refractivity contribution in [3.8, 4) is 0 Å². The Bertz CT molecular complexity index is 639. The number of rotatable bonds is 6. The molecule has 1 unspecified atom stereocenters. The fourth-order valence-corrected chi connectivity index (χ4v) is 3.94. The van der Waals surface area contributed by atoms with Gasteiger partial charge in [0.1, 0.15) is 5.69 Å². The molecule has 2 aliphatic heterocycles. The first-order valence-corrected chi connectivity index (χ1v) is 9.24. The van der Waals surface area contributed by atoms with Gasteiger partial charge in [-0.05, 0) is 38.8 Å². The summed E-state index contributed by atoms with van der Waals surface area (Å²) >= 11 is 0. The number of likely N-dealkylation sites (tertiary alicyclic amines) is 1. The Morgan fingerprint density at radius 3 is 2.84 bits per heavy atom. The number of alkyl halides is 1. The van der Waals surface area contributed by atoms with Gasteiger partial charge in [0, 0.05) is 26.1 Å². The molecule has 25 heavy (non-hydrogen) atoms. The highest BCUT2D eigenvalue weighted by Crippen LogP contribution is 2.42. The van der Waals surface area contributed by atoms with E-state index in [2.05, 4.69) is 15.2 Å². The summed E-state index contributed by atoms with van der Waals surface area (Å²) < 4.78 is 21.9. The molecule has 1 atom stereocenters. The molecule has 1 aliphatic carbocycles. The number of hydrogen-bond donors (Lipinski definition) is 0. The van der Waals surface area contributed by atoms with Gasteiger partial charge in [0.05, 0.1) is 25.5 Å². The Kier molecular flexibility index (Phi) is 4.49. The molecule has 1 saturated carbocycles. The number of aromatic nitrogens is 3. The lowest BCUT2D eigenvalue weighted by Gasteiger charge is -2.33. The Hall–Kier alpha value is -1.54. The van der Waals surface area contributed by atoms with E-state index in [1.54, 1.807) is 9.58 Å². The van der Waals surface area contributed by atoms with Gasteiger partial charge in [-0.15, -0.1) is 5.10 Å². The van der Waals surface area contributed by atoms with Crippen molar-refractivity contribution in [3.63, 3.8) is 0 Å². The SMILES string of the molecule is Cn1nnc2c1C(COCCN1CCCC1)CN(C(=O)C1(F)CC1)C2. The van der Waals surface area contributed by atoms with E-state index in [4.69, 9.17) is 4.74 Å². The van der Waals surface area contributed by atoms with Crippen LogP contribution in [0.2, 0.25) is 0 Å². The van der Waals surface area contributed by atoms with Crippen LogP contribution in [0.25, 0.3) is 0 Å². The van der Waals surface area contributed by atoms with Crippen LogP contribution in [-0.4, -0.2) is 75.8 Å². The zero-order chi connectivity index (χ0) is 17.4. The van der Waals surface area contributed by atoms with Crippen LogP contribution in [0.4, 0.5) is 4.39 Å². The van der Waals surface area contributed by atoms with Crippen molar-refractivity contribution in [2.75, 3.05) is 39.4 Å². The fraction of sp³-hybridized carbons (Fsp3) is 0.824. The molecule has 4 rings (SSSR count). The maximum atomic E-state index is 14.2. The van der Waals surface area contributed by atoms with Gasteiger partial charge in [-0.1, -0.05) is 5.21 Å². The van der Waals surface area contributed by atoms with Crippen LogP contribution < -0.4 is 0 Å². The highest BCUT2D eigenvalue weighted by Gasteiger charge is 2.53. The topological polar surface area (TPSA) is 63.5 Å². The third kappa shape index (κ3) is 3.42. The molecule has 7 nitrogen and oxygen atoms in total. The molecule has 1 aromatic rings. The summed E-state index contributed by atoms with van der Waals surface area (Å²) in [5, 5.41) is 8.25. The molecule has 0 bridgehead atoms. The minimum Gasteiger partial charge on any atom is -0.379 e. The Labute approximate surface area is 147 Å². The van der Waals surface area contributed by atoms with Crippen molar-refractivity contribution >= 4 is 5.91 Å². The van der Waals surface area contributed by atoms with Crippen LogP contribution in [0, 0.1) is 0 Å². The summed E-state index contributed by atoms with van der Waals surface area (Å²) in [5.41, 5.74) is 0.134. The first kappa shape index (κ1) is 16.9. The molecule has 3 heterocycles. The first-order valence-electron chi connectivity index (χ1n) is 9.24. The lowest BCUT2D eigenvalue weighted by atomic mass is 9.98. The molecule has 1 amide bonds. The molecule has 1 aromatic heterocycles. The molecular formula is C17H26FN5O2. The number of amides is 1. The minimum absolute atomic E-state index is 0.00590. The number of fused-ring (bicyclic) bond motifs is 1. The van der Waals surface area contributed by atoms with E-state index in [1.807, 2.05) is 7.05 Å². The van der Waals surface area contributed by atoms with Crippen molar-refractivity contribution in [1.29, 1.82) is 0 Å². The summed E-state index contributed by atoms with van der Waals surface area (Å²) in [6.07, 6.45) is 3.22. The van der Waals surface area contributed by atoms with E-state index in [-0.39, 0.29) is 5.92 Å². The lowest BCUT2D eigenvalue weighted by molar-refractivity contribution is -0.139. The van der Waals surface area contributed by atoms with Gasteiger partial charge >= 0.3 is 0 Å². The van der Waals surface area contributed by atoms with Crippen molar-refractivity contribution in [2.45, 2.75) is 43.8 Å². The van der Waals surface area contributed by atoms with Gasteiger partial charge in [-0.3, -0.25) is 9.48 Å². The average molecular weight is 351 g/mol. The second-order valence-electron chi connectivity index (χ2n) is 7.52. The molecular weight excluding hydrogens is 325 g/mol. The van der Waals surface area contributed by atoms with Crippen LogP contribution in [-0.2, 0) is 23.1 Å². The van der Waals surface area contributed by atoms with Crippen LogP contribution in [0.15, 0.2) is 0 Å². The van der Waals surface area contributed by atoms with Gasteiger partial charge in [0.15, 0.2) is 5.67 Å². The number of ether oxygens (including phenoxy) is 1. The molecule has 2 fully saturated rings. The third-order valence-corrected chi connectivity index (χ3v) is 5.54. The van der Waals surface area contributed by atoms with Gasteiger partial charge in [0.2, 0.25) is 0 Å². The quantitative estimate of drug-likeness (QED) is 0.711. The molecule has 0 aromatic carbocycles. The molecule has 3 aliphatic rings. The maximum Gasteiger partial charge on any atom is 0.260 e. The van der Waals surface area contributed by atoms with E-state index in [9.17, 15) is 9.18 Å². The van der Waals surface area contributed by atoms with Gasteiger partial charge in [0.25, 0.3) is 5.91 Å². The van der Waals surface area contributed by atoms with Crippen LogP contribution in [0.5, 0.6) is 0 Å². The van der Waals surface area contributed by atoms with Gasteiger partial charge in [-0.25, -0.2) is 4.39 Å². The molecule has 1 saturated heterocycles. The van der Waals surface area contributed by atoms with Crippen LogP contribution in [0.1, 0.15) is 43.0 Å². The number of aryl methyl sites for hydroxylation is 1. The predicted octanol–water partition coefficient (Wildman–Crippen LogP) is 0.855. The summed E-state index contributed by atoms with van der Waals surface area (Å²) in [6.45, 7) is 5.26. The van der Waals surface area contributed by atoms with E-state index in [0.717, 1.165) is 31.0 Å². The number of halogens is 1. The lowest BCUT2D eigenvalue weighted by Crippen LogP contribution is -2.44. The number of carbonyl (C=O) groups is 1. The largest absolute Gasteiger partial charge is 0.379 e. The summed E-state index contributed by atoms with van der Waals surface area (Å²) in [7, 11) is 1.86. The summed E-state index contributed by atoms with van der Waals surface area (Å²) in [4.78, 5) is 16.4. The van der Waals surface area contributed by atoms with Gasteiger partial charge in [-0.2, -0.15) is 0 Å². The number of hydrogen-bond acceptors (Lipinski definition) is 5. The van der Waals surface area contributed by atoms with Crippen molar-refractivity contribution < 1.29 is 13.9 Å². The van der Waals surface area contributed by atoms with E-state index in [0.29, 0.717) is 39.1 Å². The highest BCUT2D eigenvalue weighted by molar-refractivity contribution is 5.88. The first-order chi connectivity index (χ1) is 12.1. The predicted molar refractivity (Wildman–Crippen MR) is 88.7 cm³/mol. The molecule has 0 radical (unpaired) electrons. The molecule has 0 N–H and O–H groups in total. The second kappa shape index (κ2) is 6.64. The molecule has 8 heteroatoms.